The van der Waals surface area contributed by atoms with Gasteiger partial charge in [-0.25, -0.2) is 30.0 Å². The Morgan fingerprint density at radius 3 is 2.10 bits per heavy atom. The summed E-state index contributed by atoms with van der Waals surface area (Å²) in [7, 11) is -13.7. The molecule has 1 unspecified atom stereocenters. The summed E-state index contributed by atoms with van der Waals surface area (Å²) in [6, 6.07) is 18.0. The number of unbranched alkanes of at least 4 members (excludes halogenated alkanes) is 4. The molecular formula is C49H57N3Na2O14S3. The third-order valence-corrected chi connectivity index (χ3v) is 15.2. The maximum absolute atomic E-state index is 12.3. The molecule has 0 spiro atoms. The third-order valence-electron chi connectivity index (χ3n) is 12.5. The maximum Gasteiger partial charge on any atom is 1.00 e. The van der Waals surface area contributed by atoms with Crippen LogP contribution in [0.4, 0.5) is 11.4 Å². The molecule has 1 saturated heterocycles. The summed E-state index contributed by atoms with van der Waals surface area (Å²) in [6.45, 7) is 9.86. The van der Waals surface area contributed by atoms with Crippen LogP contribution in [0.25, 0.3) is 10.8 Å². The van der Waals surface area contributed by atoms with Crippen molar-refractivity contribution < 1.29 is 127 Å². The van der Waals surface area contributed by atoms with Gasteiger partial charge in [-0.3, -0.25) is 9.59 Å². The Balaban J connectivity index is 0.00000548. The van der Waals surface area contributed by atoms with E-state index in [1.807, 2.05) is 85.0 Å². The second-order valence-electron chi connectivity index (χ2n) is 18.3. The molecule has 3 aromatic carbocycles. The molecule has 0 radical (unpaired) electrons. The van der Waals surface area contributed by atoms with Crippen LogP contribution in [0.3, 0.4) is 0 Å². The topological polar surface area (TPSA) is 251 Å². The van der Waals surface area contributed by atoms with Gasteiger partial charge in [-0.1, -0.05) is 68.5 Å². The summed E-state index contributed by atoms with van der Waals surface area (Å²) in [5.74, 6) is -3.62. The summed E-state index contributed by atoms with van der Waals surface area (Å²) in [5.41, 5.74) is 5.36. The molecule has 3 aromatic rings. The Morgan fingerprint density at radius 1 is 0.775 bits per heavy atom. The minimum atomic E-state index is -5.08. The standard InChI is InChI=1S/C49H59N3O14S3.2Na/c1-48(2)38-19-12-13-20-39(38)50(28-14-17-31-67(56,57)58)42(48)21-9-6-5-7-10-22-43-49(3,4)46-37-33-36(26-24-35(37)25-27-40(46)51(43)29-15-18-32-68(59,60)61)65-30-16-8-11-23-45(54)66-52-44(53)34-41(47(52)55)69(62,63)64;;/h5-7,9-10,12-13,19-22,24-27,33,41H,8,11,14-18,23,28-32,34H2,1-4H3,(H2-,56,57,58,59,60,61,62,63,64);;/q;2*+1/p-2. The molecular weight excluding hydrogens is 997 g/mol. The molecule has 1 atom stereocenters. The fourth-order valence-electron chi connectivity index (χ4n) is 9.15. The van der Waals surface area contributed by atoms with Crippen molar-refractivity contribution in [3.05, 3.63) is 114 Å². The van der Waals surface area contributed by atoms with Crippen LogP contribution in [0.15, 0.2) is 103 Å². The van der Waals surface area contributed by atoms with Crippen molar-refractivity contribution in [1.82, 2.24) is 5.06 Å². The summed E-state index contributed by atoms with van der Waals surface area (Å²) in [5, 5.41) is -0.125. The second kappa shape index (κ2) is 25.1. The first-order chi connectivity index (χ1) is 32.4. The van der Waals surface area contributed by atoms with Crippen molar-refractivity contribution in [1.29, 1.82) is 0 Å². The number of nitrogens with zero attached hydrogens (tertiary/aromatic N) is 3. The van der Waals surface area contributed by atoms with E-state index in [-0.39, 0.29) is 88.9 Å². The minimum absolute atomic E-state index is 0. The van der Waals surface area contributed by atoms with Crippen LogP contribution < -0.4 is 68.8 Å². The second-order valence-corrected chi connectivity index (χ2v) is 22.9. The van der Waals surface area contributed by atoms with Crippen molar-refractivity contribution in [2.75, 3.05) is 36.1 Å². The molecule has 0 N–H and O–H groups in total. The van der Waals surface area contributed by atoms with Crippen LogP contribution in [0.1, 0.15) is 96.6 Å². The molecule has 2 amide bonds. The number of carbonyl (C=O) groups is 3. The molecule has 3 heterocycles. The molecule has 1 fully saturated rings. The predicted octanol–water partition coefficient (Wildman–Crippen LogP) is 0.295. The minimum Gasteiger partial charge on any atom is -0.748 e. The molecule has 3 aliphatic rings. The van der Waals surface area contributed by atoms with Crippen molar-refractivity contribution in [3.8, 4) is 5.75 Å². The number of hydroxylamine groups is 2. The average molecular weight is 1050 g/mol. The normalized spacial score (nSPS) is 18.2. The average Bonchev–Trinajstić information content (AvgIpc) is 3.76. The monoisotopic (exact) mass is 1050 g/mol. The Labute approximate surface area is 460 Å². The van der Waals surface area contributed by atoms with Crippen molar-refractivity contribution >= 4 is 76.0 Å². The fourth-order valence-corrected chi connectivity index (χ4v) is 11.0. The zero-order chi connectivity index (χ0) is 50.4. The third kappa shape index (κ3) is 15.3. The molecule has 17 nitrogen and oxygen atoms in total. The van der Waals surface area contributed by atoms with E-state index in [1.54, 1.807) is 0 Å². The molecule has 0 aliphatic carbocycles. The van der Waals surface area contributed by atoms with Gasteiger partial charge in [0.05, 0.1) is 38.7 Å². The van der Waals surface area contributed by atoms with Crippen LogP contribution in [-0.4, -0.2) is 108 Å². The van der Waals surface area contributed by atoms with Gasteiger partial charge < -0.3 is 28.1 Å². The maximum atomic E-state index is 12.3. The van der Waals surface area contributed by atoms with Crippen molar-refractivity contribution in [2.45, 2.75) is 102 Å². The number of ether oxygens (including phenoxy) is 1. The number of allylic oxidation sites excluding steroid dienone is 8. The Bertz CT molecular complexity index is 2980. The Kier molecular flexibility index (Phi) is 21.3. The molecule has 3 aliphatic heterocycles. The zero-order valence-electron chi connectivity index (χ0n) is 41.0. The number of para-hydroxylation sites is 1. The van der Waals surface area contributed by atoms with Crippen LogP contribution >= 0.6 is 0 Å². The number of imide groups is 1. The Morgan fingerprint density at radius 2 is 1.42 bits per heavy atom. The van der Waals surface area contributed by atoms with Crippen molar-refractivity contribution in [2.24, 2.45) is 0 Å². The van der Waals surface area contributed by atoms with Gasteiger partial charge in [0.25, 0.3) is 11.8 Å². The first-order valence-electron chi connectivity index (χ1n) is 22.7. The van der Waals surface area contributed by atoms with Gasteiger partial charge in [0, 0.05) is 65.4 Å². The summed E-state index contributed by atoms with van der Waals surface area (Å²) in [4.78, 5) is 43.3. The number of amides is 2. The van der Waals surface area contributed by atoms with Crippen LogP contribution in [0, 0.1) is 0 Å². The first-order valence-corrected chi connectivity index (χ1v) is 27.4. The van der Waals surface area contributed by atoms with E-state index in [4.69, 9.17) is 9.57 Å². The number of fused-ring (bicyclic) bond motifs is 4. The van der Waals surface area contributed by atoms with E-state index in [2.05, 4.69) is 49.3 Å². The summed E-state index contributed by atoms with van der Waals surface area (Å²) < 4.78 is 110. The van der Waals surface area contributed by atoms with Crippen LogP contribution in [0.2, 0.25) is 0 Å². The number of carbonyl (C=O) groups excluding carboxylic acids is 3. The molecule has 372 valence electrons. The molecule has 22 heteroatoms. The summed E-state index contributed by atoms with van der Waals surface area (Å²) in [6.07, 6.45) is 15.6. The Hall–Kier alpha value is -3.51. The molecule has 71 heavy (non-hydrogen) atoms. The van der Waals surface area contributed by atoms with E-state index < -0.39 is 76.7 Å². The van der Waals surface area contributed by atoms with Crippen LogP contribution in [-0.2, 0) is 60.4 Å². The molecule has 0 saturated carbocycles. The van der Waals surface area contributed by atoms with E-state index in [0.29, 0.717) is 57.6 Å². The van der Waals surface area contributed by atoms with E-state index in [0.717, 1.165) is 44.7 Å². The van der Waals surface area contributed by atoms with E-state index in [1.165, 1.54) is 0 Å². The van der Waals surface area contributed by atoms with Crippen LogP contribution in [0.5, 0.6) is 5.75 Å². The number of hydrogen-bond acceptors (Lipinski definition) is 15. The largest absolute Gasteiger partial charge is 1.00 e. The van der Waals surface area contributed by atoms with E-state index in [9.17, 15) is 53.3 Å². The number of rotatable bonds is 23. The number of hydrogen-bond donors (Lipinski definition) is 0. The van der Waals surface area contributed by atoms with Gasteiger partial charge in [0.2, 0.25) is 5.69 Å². The number of benzene rings is 3. The summed E-state index contributed by atoms with van der Waals surface area (Å²) >= 11 is 0. The molecule has 6 rings (SSSR count). The SMILES string of the molecule is CC1(C)C(/C=C/C=C/C=C/C=C2/N(CCCCS(=O)(=O)[O-])c3ccccc3C2(C)C)=[N+](CCCCS(=O)(=O)[O-])c2ccc3ccc(OCCCCCC(=O)ON4C(=O)CC(S(=O)(=O)[O-])C4=O)cc3c21.[Na+].[Na+]. The van der Waals surface area contributed by atoms with Gasteiger partial charge in [-0.2, -0.15) is 4.58 Å². The fraction of sp³-hybridized carbons (Fsp3) is 0.429. The first kappa shape index (κ1) is 60.0. The van der Waals surface area contributed by atoms with Crippen molar-refractivity contribution in [3.63, 3.8) is 0 Å². The van der Waals surface area contributed by atoms with Gasteiger partial charge in [-0.05, 0) is 99.0 Å². The quantitative estimate of drug-likeness (QED) is 0.0309. The zero-order valence-corrected chi connectivity index (χ0v) is 47.4. The number of anilines is 1. The smallest absolute Gasteiger partial charge is 0.748 e. The predicted molar refractivity (Wildman–Crippen MR) is 257 cm³/mol. The van der Waals surface area contributed by atoms with E-state index >= 15 is 0 Å². The van der Waals surface area contributed by atoms with Gasteiger partial charge in [0.15, 0.2) is 5.71 Å². The molecule has 0 bridgehead atoms. The van der Waals surface area contributed by atoms with Gasteiger partial charge in [0.1, 0.15) is 27.7 Å². The molecule has 0 aromatic heterocycles. The van der Waals surface area contributed by atoms with Gasteiger partial charge in [-0.15, -0.1) is 5.06 Å². The van der Waals surface area contributed by atoms with Gasteiger partial charge >= 0.3 is 65.1 Å².